The third-order valence-electron chi connectivity index (χ3n) is 17.0. The summed E-state index contributed by atoms with van der Waals surface area (Å²) in [7, 11) is 0. The largest absolute Gasteiger partial charge is 0.394 e. The van der Waals surface area contributed by atoms with Crippen molar-refractivity contribution in [1.29, 1.82) is 0 Å². The molecule has 0 unspecified atom stereocenters. The maximum Gasteiger partial charge on any atom is 0.187 e. The molecule has 0 aromatic rings. The summed E-state index contributed by atoms with van der Waals surface area (Å²) in [4.78, 5) is 0. The predicted octanol–water partition coefficient (Wildman–Crippen LogP) is 1.50. The summed E-state index contributed by atoms with van der Waals surface area (Å²) >= 11 is 0. The van der Waals surface area contributed by atoms with Crippen LogP contribution < -0.4 is 0 Å². The Morgan fingerprint density at radius 3 is 2.07 bits per heavy atom. The Morgan fingerprint density at radius 1 is 0.750 bits per heavy atom. The van der Waals surface area contributed by atoms with E-state index in [4.69, 9.17) is 28.4 Å². The Bertz CT molecular complexity index is 1500. The van der Waals surface area contributed by atoms with Gasteiger partial charge in [0.1, 0.15) is 48.8 Å². The fourth-order valence-electron chi connectivity index (χ4n) is 14.6. The van der Waals surface area contributed by atoms with Gasteiger partial charge in [0.2, 0.25) is 0 Å². The van der Waals surface area contributed by atoms with Crippen LogP contribution in [0.15, 0.2) is 11.6 Å². The van der Waals surface area contributed by atoms with Crippen LogP contribution in [0, 0.1) is 45.3 Å². The summed E-state index contributed by atoms with van der Waals surface area (Å²) in [6, 6.07) is 0. The zero-order valence-corrected chi connectivity index (χ0v) is 34.1. The molecule has 0 aromatic heterocycles. The molecule has 8 aliphatic rings. The Balaban J connectivity index is 1.01. The van der Waals surface area contributed by atoms with Gasteiger partial charge >= 0.3 is 0 Å². The molecule has 4 saturated heterocycles. The van der Waals surface area contributed by atoms with E-state index in [2.05, 4.69) is 47.6 Å². The van der Waals surface area contributed by atoms with E-state index in [0.29, 0.717) is 31.3 Å². The summed E-state index contributed by atoms with van der Waals surface area (Å²) in [5.74, 6) is 0.123. The van der Waals surface area contributed by atoms with Crippen molar-refractivity contribution in [3.05, 3.63) is 11.6 Å². The number of aliphatic hydroxyl groups is 8. The summed E-state index contributed by atoms with van der Waals surface area (Å²) in [6.45, 7) is 14.9. The maximum absolute atomic E-state index is 12.1. The molecule has 2 bridgehead atoms. The first kappa shape index (κ1) is 41.9. The molecule has 56 heavy (non-hydrogen) atoms. The normalized spacial score (nSPS) is 57.4. The van der Waals surface area contributed by atoms with Crippen LogP contribution in [-0.4, -0.2) is 146 Å². The number of hydrogen-bond donors (Lipinski definition) is 8. The van der Waals surface area contributed by atoms with Crippen molar-refractivity contribution in [2.24, 2.45) is 45.3 Å². The van der Waals surface area contributed by atoms with E-state index in [-0.39, 0.29) is 45.7 Å². The Labute approximate surface area is 330 Å². The van der Waals surface area contributed by atoms with E-state index in [9.17, 15) is 40.9 Å². The van der Waals surface area contributed by atoms with Crippen molar-refractivity contribution in [2.45, 2.75) is 185 Å². The Morgan fingerprint density at radius 2 is 1.41 bits per heavy atom. The number of fused-ring (bicyclic) bond motifs is 4. The van der Waals surface area contributed by atoms with E-state index in [0.717, 1.165) is 38.5 Å². The van der Waals surface area contributed by atoms with Crippen LogP contribution in [-0.2, 0) is 28.4 Å². The fourth-order valence-corrected chi connectivity index (χ4v) is 14.6. The number of aliphatic hydroxyl groups excluding tert-OH is 7. The van der Waals surface area contributed by atoms with Crippen molar-refractivity contribution >= 4 is 0 Å². The third kappa shape index (κ3) is 5.94. The van der Waals surface area contributed by atoms with E-state index < -0.39 is 86.0 Å². The summed E-state index contributed by atoms with van der Waals surface area (Å²) in [6.07, 6.45) is -6.46. The van der Waals surface area contributed by atoms with Crippen molar-refractivity contribution in [3.8, 4) is 0 Å². The van der Waals surface area contributed by atoms with Gasteiger partial charge < -0.3 is 69.3 Å². The molecule has 320 valence electrons. The van der Waals surface area contributed by atoms with Crippen molar-refractivity contribution < 1.29 is 69.3 Å². The van der Waals surface area contributed by atoms with Gasteiger partial charge in [-0.2, -0.15) is 0 Å². The second-order valence-corrected chi connectivity index (χ2v) is 20.6. The highest BCUT2D eigenvalue weighted by Gasteiger charge is 2.81. The molecular weight excluding hydrogens is 728 g/mol. The average Bonchev–Trinajstić information content (AvgIpc) is 3.64. The van der Waals surface area contributed by atoms with Gasteiger partial charge in [-0.1, -0.05) is 39.3 Å². The number of allylic oxidation sites excluding steroid dienone is 1. The minimum Gasteiger partial charge on any atom is -0.394 e. The molecule has 14 nitrogen and oxygen atoms in total. The quantitative estimate of drug-likeness (QED) is 0.135. The molecule has 4 aliphatic heterocycles. The highest BCUT2D eigenvalue weighted by Crippen LogP contribution is 2.80. The van der Waals surface area contributed by atoms with Gasteiger partial charge in [0.15, 0.2) is 18.4 Å². The Hall–Kier alpha value is -0.820. The molecule has 0 amide bonds. The van der Waals surface area contributed by atoms with Gasteiger partial charge in [-0.25, -0.2) is 0 Å². The monoisotopic (exact) mass is 796 g/mol. The molecule has 0 aromatic carbocycles. The summed E-state index contributed by atoms with van der Waals surface area (Å²) in [5, 5.41) is 85.9. The lowest BCUT2D eigenvalue weighted by molar-refractivity contribution is -0.370. The lowest BCUT2D eigenvalue weighted by atomic mass is 9.35. The smallest absolute Gasteiger partial charge is 0.187 e. The molecule has 21 atom stereocenters. The SMILES string of the molecule is CC(C)=C[C@H]1C[C@](C)(O)[C@@H]2[C@@H]3CC[C@@H]4[C@@]5(C)CC[C@H](O[C@@H]6O[C@H](CO)[C@@H](O)[C@H](O[C@@H]7O[C@H](CO)[C@@H](O)[C@H](O)[C@H]7O)[C@H]6O)C(C)(C)[C@H]5CC[C@@]4(C)[C@@]34CO[C@@]2(C4)O1. The first-order chi connectivity index (χ1) is 26.2. The first-order valence-corrected chi connectivity index (χ1v) is 21.1. The van der Waals surface area contributed by atoms with Gasteiger partial charge in [-0.15, -0.1) is 0 Å². The minimum atomic E-state index is -1.75. The van der Waals surface area contributed by atoms with Crippen molar-refractivity contribution in [1.82, 2.24) is 0 Å². The van der Waals surface area contributed by atoms with Crippen LogP contribution in [0.3, 0.4) is 0 Å². The topological polar surface area (TPSA) is 217 Å². The van der Waals surface area contributed by atoms with Crippen LogP contribution in [0.2, 0.25) is 0 Å². The number of ether oxygens (including phenoxy) is 6. The minimum absolute atomic E-state index is 0.0284. The first-order valence-electron chi connectivity index (χ1n) is 21.1. The van der Waals surface area contributed by atoms with Crippen molar-refractivity contribution in [3.63, 3.8) is 0 Å². The molecule has 8 fully saturated rings. The van der Waals surface area contributed by atoms with Crippen molar-refractivity contribution in [2.75, 3.05) is 19.8 Å². The average molecular weight is 797 g/mol. The van der Waals surface area contributed by atoms with E-state index in [1.165, 1.54) is 5.57 Å². The fraction of sp³-hybridized carbons (Fsp3) is 0.952. The highest BCUT2D eigenvalue weighted by atomic mass is 16.7. The molecule has 4 saturated carbocycles. The lowest BCUT2D eigenvalue weighted by Crippen LogP contribution is -2.68. The molecule has 4 aliphatic carbocycles. The maximum atomic E-state index is 12.1. The second kappa shape index (κ2) is 14.1. The van der Waals surface area contributed by atoms with Crippen LogP contribution in [0.1, 0.15) is 99.8 Å². The standard InChI is InChI=1S/C42H68O14/c1-20(2)14-21-15-40(7,50)34-22-8-9-26-38(5)12-11-27(37(3,4)25(38)10-13-39(26,6)41(22)18-42(34,56-21)51-19-41)54-36-32(49)33(29(46)24(17-44)53-36)55-35-31(48)30(47)28(45)23(16-43)52-35/h14,21-36,43-50H,8-13,15-19H2,1-7H3/t21-,22-,23+,24+,25+,26+,27-,28+,29+,30-,31+,32+,33-,34-,35-,36-,38-,39+,40-,41-,42-/m0/s1. The molecule has 2 spiro atoms. The van der Waals surface area contributed by atoms with Crippen LogP contribution in [0.5, 0.6) is 0 Å². The van der Waals surface area contributed by atoms with E-state index in [1.54, 1.807) is 0 Å². The van der Waals surface area contributed by atoms with Gasteiger partial charge in [0.05, 0.1) is 37.6 Å². The van der Waals surface area contributed by atoms with Gasteiger partial charge in [0.25, 0.3) is 0 Å². The third-order valence-corrected chi connectivity index (χ3v) is 17.0. The molecule has 8 N–H and O–H groups in total. The highest BCUT2D eigenvalue weighted by molar-refractivity contribution is 5.26. The van der Waals surface area contributed by atoms with Gasteiger partial charge in [0, 0.05) is 24.2 Å². The van der Waals surface area contributed by atoms with E-state index in [1.807, 2.05) is 6.92 Å². The van der Waals surface area contributed by atoms with Crippen LogP contribution in [0.4, 0.5) is 0 Å². The molecular formula is C42H68O14. The molecule has 4 heterocycles. The zero-order valence-electron chi connectivity index (χ0n) is 34.1. The molecule has 8 rings (SSSR count). The summed E-state index contributed by atoms with van der Waals surface area (Å²) in [5.41, 5.74) is -0.269. The van der Waals surface area contributed by atoms with Gasteiger partial charge in [-0.3, -0.25) is 0 Å². The molecule has 0 radical (unpaired) electrons. The Kier molecular flexibility index (Phi) is 10.6. The zero-order chi connectivity index (χ0) is 40.5. The van der Waals surface area contributed by atoms with Gasteiger partial charge in [-0.05, 0) is 93.3 Å². The predicted molar refractivity (Wildman–Crippen MR) is 198 cm³/mol. The van der Waals surface area contributed by atoms with E-state index >= 15 is 0 Å². The number of hydrogen-bond acceptors (Lipinski definition) is 14. The second-order valence-electron chi connectivity index (χ2n) is 20.6. The number of rotatable bonds is 7. The molecule has 14 heteroatoms. The lowest BCUT2D eigenvalue weighted by Gasteiger charge is -2.70. The summed E-state index contributed by atoms with van der Waals surface area (Å²) < 4.78 is 37.8. The van der Waals surface area contributed by atoms with Crippen LogP contribution >= 0.6 is 0 Å². The van der Waals surface area contributed by atoms with Crippen LogP contribution in [0.25, 0.3) is 0 Å².